The number of pyridine rings is 1. The Morgan fingerprint density at radius 3 is 2.83 bits per heavy atom. The van der Waals surface area contributed by atoms with Crippen LogP contribution in [0.4, 0.5) is 0 Å². The van der Waals surface area contributed by atoms with Crippen molar-refractivity contribution in [3.8, 4) is 5.75 Å². The molecule has 0 atom stereocenters. The van der Waals surface area contributed by atoms with E-state index in [1.54, 1.807) is 32.0 Å². The van der Waals surface area contributed by atoms with Crippen LogP contribution >= 0.6 is 11.8 Å². The highest BCUT2D eigenvalue weighted by Crippen LogP contribution is 2.28. The van der Waals surface area contributed by atoms with Gasteiger partial charge in [0.2, 0.25) is 0 Å². The monoisotopic (exact) mass is 328 g/mol. The van der Waals surface area contributed by atoms with Crippen molar-refractivity contribution in [2.45, 2.75) is 25.0 Å². The number of carbonyl (C=O) groups is 1. The van der Waals surface area contributed by atoms with Gasteiger partial charge in [-0.05, 0) is 18.6 Å². The quantitative estimate of drug-likeness (QED) is 0.805. The number of thioether (sulfide) groups is 1. The maximum Gasteiger partial charge on any atom is 0.159 e. The summed E-state index contributed by atoms with van der Waals surface area (Å²) in [5.74, 6) is 1.93. The third-order valence-corrected chi connectivity index (χ3v) is 4.97. The van der Waals surface area contributed by atoms with Crippen LogP contribution in [-0.4, -0.2) is 35.1 Å². The summed E-state index contributed by atoms with van der Waals surface area (Å²) in [4.78, 5) is 18.3. The second kappa shape index (κ2) is 7.15. The zero-order valence-electron chi connectivity index (χ0n) is 13.4. The molecule has 1 aliphatic rings. The average molecular weight is 328 g/mol. The van der Waals surface area contributed by atoms with E-state index in [1.165, 1.54) is 11.1 Å². The molecule has 3 rings (SSSR count). The molecule has 0 saturated carbocycles. The van der Waals surface area contributed by atoms with Gasteiger partial charge in [0.25, 0.3) is 0 Å². The van der Waals surface area contributed by atoms with Gasteiger partial charge < -0.3 is 4.74 Å². The topological polar surface area (TPSA) is 42.4 Å². The summed E-state index contributed by atoms with van der Waals surface area (Å²) < 4.78 is 5.29. The molecular formula is C18H20N2O2S. The fourth-order valence-electron chi connectivity index (χ4n) is 2.66. The highest BCUT2D eigenvalue weighted by Gasteiger charge is 2.17. The smallest absolute Gasteiger partial charge is 0.159 e. The first kappa shape index (κ1) is 16.0. The third kappa shape index (κ3) is 3.92. The van der Waals surface area contributed by atoms with Gasteiger partial charge in [-0.1, -0.05) is 24.3 Å². The molecule has 2 aromatic rings. The first-order valence-electron chi connectivity index (χ1n) is 7.63. The van der Waals surface area contributed by atoms with Crippen LogP contribution in [0.15, 0.2) is 41.6 Å². The van der Waals surface area contributed by atoms with Gasteiger partial charge in [-0.3, -0.25) is 9.69 Å². The molecular weight excluding hydrogens is 308 g/mol. The molecule has 0 aliphatic carbocycles. The molecule has 120 valence electrons. The highest BCUT2D eigenvalue weighted by atomic mass is 32.2. The van der Waals surface area contributed by atoms with E-state index in [2.05, 4.69) is 16.0 Å². The fraction of sp³-hybridized carbons (Fsp3) is 0.333. The molecule has 1 aromatic heterocycles. The van der Waals surface area contributed by atoms with E-state index in [1.807, 2.05) is 24.3 Å². The Morgan fingerprint density at radius 1 is 1.35 bits per heavy atom. The van der Waals surface area contributed by atoms with Crippen molar-refractivity contribution >= 4 is 17.5 Å². The van der Waals surface area contributed by atoms with Crippen LogP contribution in [0.25, 0.3) is 0 Å². The van der Waals surface area contributed by atoms with E-state index in [0.29, 0.717) is 0 Å². The van der Waals surface area contributed by atoms with Gasteiger partial charge in [0.05, 0.1) is 13.3 Å². The van der Waals surface area contributed by atoms with Gasteiger partial charge >= 0.3 is 0 Å². The summed E-state index contributed by atoms with van der Waals surface area (Å²) in [7, 11) is 1.67. The maximum absolute atomic E-state index is 11.4. The molecule has 23 heavy (non-hydrogen) atoms. The number of carbonyl (C=O) groups excluding carboxylic acids is 1. The number of benzene rings is 1. The summed E-state index contributed by atoms with van der Waals surface area (Å²) >= 11 is 1.80. The standard InChI is InChI=1S/C18H20N2O2S/c1-13(21)15-5-3-14(4-6-15)11-20-7-8-23-18-16(12-20)9-17(22-2)10-19-18/h3-6,9-10H,7-8,11-12H2,1-2H3. The summed E-state index contributed by atoms with van der Waals surface area (Å²) in [5.41, 5.74) is 3.20. The van der Waals surface area contributed by atoms with Gasteiger partial charge in [0, 0.05) is 36.5 Å². The van der Waals surface area contributed by atoms with Crippen molar-refractivity contribution in [1.29, 1.82) is 0 Å². The van der Waals surface area contributed by atoms with E-state index in [4.69, 9.17) is 4.74 Å². The molecule has 4 nitrogen and oxygen atoms in total. The van der Waals surface area contributed by atoms with Crippen molar-refractivity contribution < 1.29 is 9.53 Å². The molecule has 1 aliphatic heterocycles. The average Bonchev–Trinajstić information content (AvgIpc) is 2.76. The van der Waals surface area contributed by atoms with Crippen LogP contribution in [0, 0.1) is 0 Å². The van der Waals surface area contributed by atoms with Gasteiger partial charge in [-0.2, -0.15) is 0 Å². The number of nitrogens with zero attached hydrogens (tertiary/aromatic N) is 2. The molecule has 0 spiro atoms. The van der Waals surface area contributed by atoms with Crippen molar-refractivity contribution in [3.05, 3.63) is 53.2 Å². The van der Waals surface area contributed by atoms with Crippen LogP contribution in [0.5, 0.6) is 5.75 Å². The highest BCUT2D eigenvalue weighted by molar-refractivity contribution is 7.99. The van der Waals surface area contributed by atoms with E-state index >= 15 is 0 Å². The van der Waals surface area contributed by atoms with Gasteiger partial charge in [0.15, 0.2) is 5.78 Å². The summed E-state index contributed by atoms with van der Waals surface area (Å²) in [6.07, 6.45) is 1.78. The lowest BCUT2D eigenvalue weighted by molar-refractivity contribution is 0.101. The third-order valence-electron chi connectivity index (χ3n) is 3.94. The number of ketones is 1. The predicted octanol–water partition coefficient (Wildman–Crippen LogP) is 3.40. The molecule has 0 N–H and O–H groups in total. The number of hydrogen-bond acceptors (Lipinski definition) is 5. The zero-order valence-corrected chi connectivity index (χ0v) is 14.2. The number of hydrogen-bond donors (Lipinski definition) is 0. The molecule has 0 saturated heterocycles. The first-order chi connectivity index (χ1) is 11.2. The van der Waals surface area contributed by atoms with E-state index in [9.17, 15) is 4.79 Å². The number of rotatable bonds is 4. The predicted molar refractivity (Wildman–Crippen MR) is 92.1 cm³/mol. The largest absolute Gasteiger partial charge is 0.495 e. The van der Waals surface area contributed by atoms with Crippen molar-refractivity contribution in [2.75, 3.05) is 19.4 Å². The van der Waals surface area contributed by atoms with E-state index < -0.39 is 0 Å². The lowest BCUT2D eigenvalue weighted by Gasteiger charge is -2.20. The Hall–Kier alpha value is -1.85. The van der Waals surface area contributed by atoms with E-state index in [0.717, 1.165) is 41.7 Å². The fourth-order valence-corrected chi connectivity index (χ4v) is 3.64. The Labute approximate surface area is 140 Å². The number of aromatic nitrogens is 1. The number of fused-ring (bicyclic) bond motifs is 1. The molecule has 1 aromatic carbocycles. The Bertz CT molecular complexity index is 701. The van der Waals surface area contributed by atoms with Crippen molar-refractivity contribution in [2.24, 2.45) is 0 Å². The van der Waals surface area contributed by atoms with Crippen LogP contribution < -0.4 is 4.74 Å². The molecule has 0 bridgehead atoms. The zero-order chi connectivity index (χ0) is 16.2. The Kier molecular flexibility index (Phi) is 4.98. The minimum atomic E-state index is 0.106. The Balaban J connectivity index is 1.74. The number of ether oxygens (including phenoxy) is 1. The lowest BCUT2D eigenvalue weighted by Crippen LogP contribution is -2.24. The van der Waals surface area contributed by atoms with Crippen LogP contribution in [0.3, 0.4) is 0 Å². The Morgan fingerprint density at radius 2 is 2.13 bits per heavy atom. The SMILES string of the molecule is COc1cnc2c(c1)CN(Cc1ccc(C(C)=O)cc1)CCS2. The molecule has 0 radical (unpaired) electrons. The van der Waals surface area contributed by atoms with Crippen LogP contribution in [0.2, 0.25) is 0 Å². The summed E-state index contributed by atoms with van der Waals surface area (Å²) in [6.45, 7) is 4.34. The van der Waals surface area contributed by atoms with Gasteiger partial charge in [0.1, 0.15) is 10.8 Å². The minimum absolute atomic E-state index is 0.106. The summed E-state index contributed by atoms with van der Waals surface area (Å²) in [6, 6.07) is 9.97. The first-order valence-corrected chi connectivity index (χ1v) is 8.62. The molecule has 5 heteroatoms. The van der Waals surface area contributed by atoms with Crippen molar-refractivity contribution in [3.63, 3.8) is 0 Å². The maximum atomic E-state index is 11.4. The van der Waals surface area contributed by atoms with Crippen molar-refractivity contribution in [1.82, 2.24) is 9.88 Å². The molecule has 0 unspecified atom stereocenters. The molecule has 0 amide bonds. The normalized spacial score (nSPS) is 14.9. The lowest BCUT2D eigenvalue weighted by atomic mass is 10.1. The van der Waals surface area contributed by atoms with Gasteiger partial charge in [-0.25, -0.2) is 4.98 Å². The molecule has 0 fully saturated rings. The minimum Gasteiger partial charge on any atom is -0.495 e. The van der Waals surface area contributed by atoms with Gasteiger partial charge in [-0.15, -0.1) is 11.8 Å². The number of methoxy groups -OCH3 is 1. The summed E-state index contributed by atoms with van der Waals surface area (Å²) in [5, 5.41) is 1.10. The number of Topliss-reactive ketones (excluding diaryl/α,β-unsaturated/α-hetero) is 1. The van der Waals surface area contributed by atoms with Crippen LogP contribution in [0.1, 0.15) is 28.4 Å². The molecule has 2 heterocycles. The second-order valence-electron chi connectivity index (χ2n) is 5.65. The second-order valence-corrected chi connectivity index (χ2v) is 6.74. The van der Waals surface area contributed by atoms with Crippen LogP contribution in [-0.2, 0) is 13.1 Å². The van der Waals surface area contributed by atoms with E-state index in [-0.39, 0.29) is 5.78 Å².